The Morgan fingerprint density at radius 2 is 2.14 bits per heavy atom. The highest BCUT2D eigenvalue weighted by molar-refractivity contribution is 7.23. The number of carbonyl (C=O) groups excluding carboxylic acids is 1. The van der Waals surface area contributed by atoms with E-state index in [1.54, 1.807) is 29.6 Å². The average Bonchev–Trinajstić information content (AvgIpc) is 3.06. The predicted octanol–water partition coefficient (Wildman–Crippen LogP) is 4.23. The topological polar surface area (TPSA) is 41.1 Å². The van der Waals surface area contributed by atoms with Crippen LogP contribution in [0.15, 0.2) is 30.3 Å². The first-order valence-corrected chi connectivity index (χ1v) is 8.97. The molecule has 3 heterocycles. The zero-order chi connectivity index (χ0) is 15.1. The van der Waals surface area contributed by atoms with Gasteiger partial charge in [-0.15, -0.1) is 22.7 Å². The molecular weight excluding hydrogens is 312 g/mol. The number of fused-ring (bicyclic) bond motifs is 2. The van der Waals surface area contributed by atoms with Crippen molar-refractivity contribution in [3.8, 4) is 10.4 Å². The summed E-state index contributed by atoms with van der Waals surface area (Å²) in [7, 11) is 0. The third kappa shape index (κ3) is 2.35. The molecule has 5 heteroatoms. The van der Waals surface area contributed by atoms with Crippen molar-refractivity contribution in [1.82, 2.24) is 5.32 Å². The summed E-state index contributed by atoms with van der Waals surface area (Å²) in [4.78, 5) is 14.2. The second kappa shape index (κ2) is 5.50. The zero-order valence-electron chi connectivity index (χ0n) is 12.2. The molecule has 0 fully saturated rings. The third-order valence-electron chi connectivity index (χ3n) is 3.89. The minimum absolute atomic E-state index is 0.00563. The molecule has 22 heavy (non-hydrogen) atoms. The van der Waals surface area contributed by atoms with E-state index in [2.05, 4.69) is 41.0 Å². The van der Waals surface area contributed by atoms with Crippen molar-refractivity contribution in [3.63, 3.8) is 0 Å². The van der Waals surface area contributed by atoms with Gasteiger partial charge in [0.25, 0.3) is 0 Å². The Labute approximate surface area is 137 Å². The van der Waals surface area contributed by atoms with Crippen LogP contribution < -0.4 is 10.6 Å². The fraction of sp³-hybridized carbons (Fsp3) is 0.235. The Balaban J connectivity index is 1.91. The molecule has 1 aliphatic heterocycles. The summed E-state index contributed by atoms with van der Waals surface area (Å²) in [6.07, 6.45) is 1.02. The van der Waals surface area contributed by atoms with Crippen LogP contribution in [0, 0.1) is 0 Å². The van der Waals surface area contributed by atoms with Crippen molar-refractivity contribution in [2.24, 2.45) is 0 Å². The fourth-order valence-electron chi connectivity index (χ4n) is 2.95. The molecule has 1 amide bonds. The number of amides is 1. The second-order valence-electron chi connectivity index (χ2n) is 5.46. The lowest BCUT2D eigenvalue weighted by molar-refractivity contribution is -0.114. The third-order valence-corrected chi connectivity index (χ3v) is 6.17. The predicted molar refractivity (Wildman–Crippen MR) is 94.9 cm³/mol. The Kier molecular flexibility index (Phi) is 3.48. The van der Waals surface area contributed by atoms with Crippen molar-refractivity contribution < 1.29 is 4.79 Å². The van der Waals surface area contributed by atoms with Crippen LogP contribution in [0.2, 0.25) is 0 Å². The van der Waals surface area contributed by atoms with E-state index in [0.29, 0.717) is 0 Å². The second-order valence-corrected chi connectivity index (χ2v) is 7.65. The van der Waals surface area contributed by atoms with E-state index in [1.165, 1.54) is 31.0 Å². The van der Waals surface area contributed by atoms with Crippen LogP contribution in [-0.2, 0) is 17.8 Å². The standard InChI is InChI=1S/C17H16N2OS2/c1-10(20)19-17-16(12-6-7-18-9-15(12)22-17)14-8-11-4-2-3-5-13(11)21-14/h2-5,8,18H,6-7,9H2,1H3,(H,19,20). The summed E-state index contributed by atoms with van der Waals surface area (Å²) in [5, 5.41) is 8.71. The summed E-state index contributed by atoms with van der Waals surface area (Å²) in [6, 6.07) is 10.7. The summed E-state index contributed by atoms with van der Waals surface area (Å²) >= 11 is 3.51. The van der Waals surface area contributed by atoms with Gasteiger partial charge in [-0.3, -0.25) is 4.79 Å². The first-order valence-electron chi connectivity index (χ1n) is 7.34. The molecule has 4 rings (SSSR count). The molecule has 3 nitrogen and oxygen atoms in total. The van der Waals surface area contributed by atoms with Crippen LogP contribution in [0.25, 0.3) is 20.5 Å². The van der Waals surface area contributed by atoms with Gasteiger partial charge in [0.05, 0.1) is 0 Å². The molecule has 2 aromatic heterocycles. The maximum Gasteiger partial charge on any atom is 0.221 e. The van der Waals surface area contributed by atoms with Crippen molar-refractivity contribution >= 4 is 43.7 Å². The van der Waals surface area contributed by atoms with Crippen LogP contribution in [0.4, 0.5) is 5.00 Å². The van der Waals surface area contributed by atoms with Crippen LogP contribution >= 0.6 is 22.7 Å². The van der Waals surface area contributed by atoms with Gasteiger partial charge in [0.2, 0.25) is 5.91 Å². The summed E-state index contributed by atoms with van der Waals surface area (Å²) in [5.41, 5.74) is 2.64. The quantitative estimate of drug-likeness (QED) is 0.739. The average molecular weight is 328 g/mol. The molecule has 0 saturated heterocycles. The molecular formula is C17H16N2OS2. The van der Waals surface area contributed by atoms with Gasteiger partial charge in [0.15, 0.2) is 0 Å². The van der Waals surface area contributed by atoms with Gasteiger partial charge in [0.1, 0.15) is 5.00 Å². The van der Waals surface area contributed by atoms with Crippen LogP contribution in [0.3, 0.4) is 0 Å². The normalized spacial score (nSPS) is 14.0. The smallest absolute Gasteiger partial charge is 0.221 e. The molecule has 112 valence electrons. The number of hydrogen-bond donors (Lipinski definition) is 2. The highest BCUT2D eigenvalue weighted by Crippen LogP contribution is 2.46. The lowest BCUT2D eigenvalue weighted by Gasteiger charge is -2.13. The number of benzene rings is 1. The van der Waals surface area contributed by atoms with Gasteiger partial charge in [-0.1, -0.05) is 18.2 Å². The van der Waals surface area contributed by atoms with Crippen molar-refractivity contribution in [2.45, 2.75) is 19.9 Å². The van der Waals surface area contributed by atoms with E-state index in [0.717, 1.165) is 24.5 Å². The molecule has 2 N–H and O–H groups in total. The highest BCUT2D eigenvalue weighted by atomic mass is 32.1. The number of thiophene rings is 2. The number of hydrogen-bond acceptors (Lipinski definition) is 4. The van der Waals surface area contributed by atoms with Crippen LogP contribution in [0.1, 0.15) is 17.4 Å². The van der Waals surface area contributed by atoms with Gasteiger partial charge < -0.3 is 10.6 Å². The minimum Gasteiger partial charge on any atom is -0.317 e. The molecule has 0 unspecified atom stereocenters. The molecule has 1 aromatic carbocycles. The monoisotopic (exact) mass is 328 g/mol. The summed E-state index contributed by atoms with van der Waals surface area (Å²) in [5.74, 6) is -0.00563. The van der Waals surface area contributed by atoms with E-state index in [9.17, 15) is 4.79 Å². The minimum atomic E-state index is -0.00563. The van der Waals surface area contributed by atoms with E-state index in [-0.39, 0.29) is 5.91 Å². The van der Waals surface area contributed by atoms with E-state index in [4.69, 9.17) is 0 Å². The number of rotatable bonds is 2. The Morgan fingerprint density at radius 3 is 2.95 bits per heavy atom. The lowest BCUT2D eigenvalue weighted by atomic mass is 10.0. The first kappa shape index (κ1) is 13.9. The Hall–Kier alpha value is -1.69. The number of carbonyl (C=O) groups is 1. The molecule has 0 spiro atoms. The summed E-state index contributed by atoms with van der Waals surface area (Å²) < 4.78 is 1.29. The SMILES string of the molecule is CC(=O)Nc1sc2c(c1-c1cc3ccccc3s1)CCNC2. The number of anilines is 1. The molecule has 0 bridgehead atoms. The largest absolute Gasteiger partial charge is 0.317 e. The maximum atomic E-state index is 11.6. The Morgan fingerprint density at radius 1 is 1.27 bits per heavy atom. The molecule has 3 aromatic rings. The molecule has 0 radical (unpaired) electrons. The highest BCUT2D eigenvalue weighted by Gasteiger charge is 2.23. The molecule has 0 saturated carbocycles. The Bertz CT molecular complexity index is 830. The zero-order valence-corrected chi connectivity index (χ0v) is 13.9. The van der Waals surface area contributed by atoms with Gasteiger partial charge in [-0.2, -0.15) is 0 Å². The van der Waals surface area contributed by atoms with E-state index >= 15 is 0 Å². The first-order chi connectivity index (χ1) is 10.7. The van der Waals surface area contributed by atoms with Gasteiger partial charge >= 0.3 is 0 Å². The van der Waals surface area contributed by atoms with Gasteiger partial charge in [-0.25, -0.2) is 0 Å². The van der Waals surface area contributed by atoms with E-state index in [1.807, 2.05) is 0 Å². The van der Waals surface area contributed by atoms with Crippen LogP contribution in [0.5, 0.6) is 0 Å². The molecule has 0 aliphatic carbocycles. The number of nitrogens with one attached hydrogen (secondary N) is 2. The van der Waals surface area contributed by atoms with Crippen molar-refractivity contribution in [1.29, 1.82) is 0 Å². The molecule has 0 atom stereocenters. The van der Waals surface area contributed by atoms with Crippen molar-refractivity contribution in [2.75, 3.05) is 11.9 Å². The maximum absolute atomic E-state index is 11.6. The van der Waals surface area contributed by atoms with Gasteiger partial charge in [0, 0.05) is 33.5 Å². The van der Waals surface area contributed by atoms with Crippen molar-refractivity contribution in [3.05, 3.63) is 40.8 Å². The summed E-state index contributed by atoms with van der Waals surface area (Å²) in [6.45, 7) is 3.48. The van der Waals surface area contributed by atoms with E-state index < -0.39 is 0 Å². The van der Waals surface area contributed by atoms with Gasteiger partial charge in [-0.05, 0) is 36.0 Å². The fourth-order valence-corrected chi connectivity index (χ4v) is 5.43. The van der Waals surface area contributed by atoms with Crippen LogP contribution in [-0.4, -0.2) is 12.5 Å². The molecule has 1 aliphatic rings. The lowest BCUT2D eigenvalue weighted by Crippen LogP contribution is -2.22.